The molecule has 8 heteroatoms. The zero-order chi connectivity index (χ0) is 19.1. The highest BCUT2D eigenvalue weighted by Crippen LogP contribution is 2.27. The highest BCUT2D eigenvalue weighted by molar-refractivity contribution is 5.76. The van der Waals surface area contributed by atoms with E-state index in [-0.39, 0.29) is 19.5 Å². The van der Waals surface area contributed by atoms with Crippen LogP contribution in [0.25, 0.3) is 0 Å². The lowest BCUT2D eigenvalue weighted by molar-refractivity contribution is 0.0174. The van der Waals surface area contributed by atoms with Crippen LogP contribution in [-0.4, -0.2) is 71.1 Å². The summed E-state index contributed by atoms with van der Waals surface area (Å²) in [5, 5.41) is 0. The smallest absolute Gasteiger partial charge is 0.326 e. The minimum absolute atomic E-state index is 0.105. The fraction of sp³-hybridized carbons (Fsp3) is 0.611. The van der Waals surface area contributed by atoms with Crippen LogP contribution in [0.4, 0.5) is 10.5 Å². The van der Waals surface area contributed by atoms with Crippen molar-refractivity contribution in [3.8, 4) is 0 Å². The van der Waals surface area contributed by atoms with Crippen LogP contribution in [0.3, 0.4) is 0 Å². The monoisotopic (exact) mass is 367 g/mol. The van der Waals surface area contributed by atoms with E-state index in [9.17, 15) is 4.79 Å². The molecule has 1 aliphatic heterocycles. The molecule has 0 unspecified atom stereocenters. The molecule has 26 heavy (non-hydrogen) atoms. The van der Waals surface area contributed by atoms with Crippen molar-refractivity contribution in [2.45, 2.75) is 20.1 Å². The normalized spacial score (nSPS) is 15.1. The van der Waals surface area contributed by atoms with Crippen LogP contribution in [0.15, 0.2) is 12.1 Å². The molecule has 2 amide bonds. The number of nitrogens with zero attached hydrogens (tertiary/aromatic N) is 3. The first-order valence-corrected chi connectivity index (χ1v) is 8.42. The predicted molar refractivity (Wildman–Crippen MR) is 97.6 cm³/mol. The van der Waals surface area contributed by atoms with Gasteiger partial charge >= 0.3 is 6.03 Å². The van der Waals surface area contributed by atoms with Gasteiger partial charge in [-0.25, -0.2) is 4.79 Å². The van der Waals surface area contributed by atoms with Crippen LogP contribution in [-0.2, 0) is 32.2 Å². The lowest BCUT2D eigenvalue weighted by atomic mass is 10.0. The molecule has 0 aromatic heterocycles. The topological polar surface area (TPSA) is 63.7 Å². The summed E-state index contributed by atoms with van der Waals surface area (Å²) in [4.78, 5) is 17.9. The van der Waals surface area contributed by atoms with Crippen molar-refractivity contribution in [1.82, 2.24) is 9.80 Å². The van der Waals surface area contributed by atoms with Gasteiger partial charge in [-0.1, -0.05) is 0 Å². The molecule has 0 saturated carbocycles. The second kappa shape index (κ2) is 9.72. The lowest BCUT2D eigenvalue weighted by Gasteiger charge is -2.42. The summed E-state index contributed by atoms with van der Waals surface area (Å²) in [6.45, 7) is 4.43. The van der Waals surface area contributed by atoms with E-state index >= 15 is 0 Å². The summed E-state index contributed by atoms with van der Waals surface area (Å²) in [6, 6.07) is 4.10. The molecule has 0 bridgehead atoms. The number of methoxy groups -OCH3 is 4. The molecule has 0 radical (unpaired) electrons. The van der Waals surface area contributed by atoms with Crippen molar-refractivity contribution in [3.63, 3.8) is 0 Å². The van der Waals surface area contributed by atoms with Gasteiger partial charge in [-0.15, -0.1) is 0 Å². The maximum absolute atomic E-state index is 12.5. The summed E-state index contributed by atoms with van der Waals surface area (Å²) >= 11 is 0. The van der Waals surface area contributed by atoms with E-state index in [0.29, 0.717) is 26.6 Å². The number of rotatable bonds is 9. The van der Waals surface area contributed by atoms with Crippen molar-refractivity contribution < 1.29 is 23.7 Å². The molecule has 2 rings (SSSR count). The second-order valence-corrected chi connectivity index (χ2v) is 6.28. The van der Waals surface area contributed by atoms with Crippen LogP contribution in [0.2, 0.25) is 0 Å². The Bertz CT molecular complexity index is 565. The Morgan fingerprint density at radius 3 is 1.69 bits per heavy atom. The second-order valence-electron chi connectivity index (χ2n) is 6.28. The molecule has 1 heterocycles. The maximum Gasteiger partial charge on any atom is 0.326 e. The number of benzene rings is 1. The molecular weight excluding hydrogens is 338 g/mol. The first-order valence-electron chi connectivity index (χ1n) is 8.42. The van der Waals surface area contributed by atoms with E-state index in [1.807, 2.05) is 0 Å². The minimum Gasteiger partial charge on any atom is -0.380 e. The molecule has 1 aromatic carbocycles. The van der Waals surface area contributed by atoms with Crippen LogP contribution in [0.5, 0.6) is 0 Å². The van der Waals surface area contributed by atoms with Gasteiger partial charge < -0.3 is 23.8 Å². The number of carbonyl (C=O) groups is 1. The van der Waals surface area contributed by atoms with Crippen molar-refractivity contribution in [1.29, 1.82) is 0 Å². The highest BCUT2D eigenvalue weighted by atomic mass is 16.5. The zero-order valence-corrected chi connectivity index (χ0v) is 16.3. The zero-order valence-electron chi connectivity index (χ0n) is 16.3. The average molecular weight is 367 g/mol. The average Bonchev–Trinajstić information content (AvgIpc) is 2.62. The van der Waals surface area contributed by atoms with Crippen molar-refractivity contribution in [3.05, 3.63) is 28.8 Å². The Morgan fingerprint density at radius 2 is 1.31 bits per heavy atom. The fourth-order valence-corrected chi connectivity index (χ4v) is 3.06. The summed E-state index contributed by atoms with van der Waals surface area (Å²) in [7, 11) is 6.52. The number of carbonyl (C=O) groups excluding carboxylic acids is 1. The summed E-state index contributed by atoms with van der Waals surface area (Å²) in [5.74, 6) is 0. The first-order chi connectivity index (χ1) is 12.5. The van der Waals surface area contributed by atoms with Gasteiger partial charge in [0.25, 0.3) is 0 Å². The standard InChI is InChI=1S/C18H29N3O5/c1-14-15(8-23-2)6-17(7-16(14)9-24-3)19-10-20(12-25-4)18(22)21(11-19)13-26-5/h6-7H,8-13H2,1-5H3. The molecule has 0 N–H and O–H groups in total. The van der Waals surface area contributed by atoms with E-state index in [0.717, 1.165) is 22.4 Å². The molecule has 0 spiro atoms. The number of urea groups is 1. The van der Waals surface area contributed by atoms with Gasteiger partial charge in [-0.05, 0) is 35.7 Å². The van der Waals surface area contributed by atoms with Crippen molar-refractivity contribution in [2.24, 2.45) is 0 Å². The molecule has 1 aromatic rings. The number of hydrogen-bond donors (Lipinski definition) is 0. The Labute approximate surface area is 155 Å². The van der Waals surface area contributed by atoms with Gasteiger partial charge in [0, 0.05) is 34.1 Å². The summed E-state index contributed by atoms with van der Waals surface area (Å²) < 4.78 is 21.0. The number of anilines is 1. The SMILES string of the molecule is COCc1cc(N2CN(COC)C(=O)N(COC)C2)cc(COC)c1C. The lowest BCUT2D eigenvalue weighted by Crippen LogP contribution is -2.59. The van der Waals surface area contributed by atoms with Gasteiger partial charge in [-0.3, -0.25) is 9.80 Å². The minimum atomic E-state index is -0.105. The van der Waals surface area contributed by atoms with Gasteiger partial charge in [0.1, 0.15) is 13.5 Å². The predicted octanol–water partition coefficient (Wildman–Crippen LogP) is 1.95. The first kappa shape index (κ1) is 20.4. The maximum atomic E-state index is 12.5. The van der Waals surface area contributed by atoms with Crippen molar-refractivity contribution >= 4 is 11.7 Å². The molecule has 0 atom stereocenters. The van der Waals surface area contributed by atoms with Gasteiger partial charge in [-0.2, -0.15) is 0 Å². The Kier molecular flexibility index (Phi) is 7.65. The Balaban J connectivity index is 2.36. The third-order valence-electron chi connectivity index (χ3n) is 4.37. The Hall–Kier alpha value is -1.87. The third-order valence-corrected chi connectivity index (χ3v) is 4.37. The van der Waals surface area contributed by atoms with E-state index in [1.165, 1.54) is 0 Å². The third kappa shape index (κ3) is 4.64. The van der Waals surface area contributed by atoms with Crippen LogP contribution in [0, 0.1) is 6.92 Å². The summed E-state index contributed by atoms with van der Waals surface area (Å²) in [5.41, 5.74) is 4.37. The van der Waals surface area contributed by atoms with E-state index in [2.05, 4.69) is 24.0 Å². The highest BCUT2D eigenvalue weighted by Gasteiger charge is 2.30. The largest absolute Gasteiger partial charge is 0.380 e. The van der Waals surface area contributed by atoms with Crippen LogP contribution in [0.1, 0.15) is 16.7 Å². The summed E-state index contributed by atoms with van der Waals surface area (Å²) in [6.07, 6.45) is 0. The molecule has 1 saturated heterocycles. The Morgan fingerprint density at radius 1 is 0.846 bits per heavy atom. The molecular formula is C18H29N3O5. The number of hydrogen-bond acceptors (Lipinski definition) is 6. The van der Waals surface area contributed by atoms with E-state index in [4.69, 9.17) is 18.9 Å². The fourth-order valence-electron chi connectivity index (χ4n) is 3.06. The molecule has 8 nitrogen and oxygen atoms in total. The number of amides is 2. The van der Waals surface area contributed by atoms with Gasteiger partial charge in [0.15, 0.2) is 0 Å². The quantitative estimate of drug-likeness (QED) is 0.665. The van der Waals surface area contributed by atoms with E-state index in [1.54, 1.807) is 38.2 Å². The molecule has 1 fully saturated rings. The van der Waals surface area contributed by atoms with Crippen LogP contribution < -0.4 is 4.90 Å². The van der Waals surface area contributed by atoms with E-state index < -0.39 is 0 Å². The molecule has 1 aliphatic rings. The number of ether oxygens (including phenoxy) is 4. The van der Waals surface area contributed by atoms with Gasteiger partial charge in [0.05, 0.1) is 26.6 Å². The van der Waals surface area contributed by atoms with Crippen molar-refractivity contribution in [2.75, 3.05) is 60.1 Å². The van der Waals surface area contributed by atoms with Gasteiger partial charge in [0.2, 0.25) is 0 Å². The van der Waals surface area contributed by atoms with Crippen LogP contribution >= 0.6 is 0 Å². The molecule has 0 aliphatic carbocycles. The molecule has 146 valence electrons.